The number of hydrogen-bond donors (Lipinski definition) is 1. The average molecular weight is 367 g/mol. The topological polar surface area (TPSA) is 51.2 Å². The Morgan fingerprint density at radius 1 is 1.19 bits per heavy atom. The monoisotopic (exact) mass is 366 g/mol. The number of para-hydroxylation sites is 1. The molecule has 1 unspecified atom stereocenters. The van der Waals surface area contributed by atoms with E-state index in [1.807, 2.05) is 54.6 Å². The molecule has 2 aromatic carbocycles. The fourth-order valence-electron chi connectivity index (χ4n) is 3.24. The molecule has 1 atom stereocenters. The minimum atomic E-state index is -0.102. The lowest BCUT2D eigenvalue weighted by atomic mass is 10.0. The average Bonchev–Trinajstić information content (AvgIpc) is 3.19. The third-order valence-corrected chi connectivity index (χ3v) is 4.87. The van der Waals surface area contributed by atoms with Gasteiger partial charge in [0.1, 0.15) is 0 Å². The molecule has 1 aromatic heterocycles. The second-order valence-corrected chi connectivity index (χ2v) is 6.86. The van der Waals surface area contributed by atoms with Crippen molar-refractivity contribution in [1.29, 1.82) is 0 Å². The summed E-state index contributed by atoms with van der Waals surface area (Å²) in [5, 5.41) is 4.52. The van der Waals surface area contributed by atoms with Gasteiger partial charge in [-0.1, -0.05) is 41.9 Å². The first-order valence-electron chi connectivity index (χ1n) is 8.76. The molecule has 2 heterocycles. The molecular weight excluding hydrogens is 348 g/mol. The maximum atomic E-state index is 12.8. The predicted octanol–water partition coefficient (Wildman–Crippen LogP) is 4.46. The molecule has 1 fully saturated rings. The van der Waals surface area contributed by atoms with E-state index in [2.05, 4.69) is 5.32 Å². The molecule has 5 heteroatoms. The van der Waals surface area contributed by atoms with Gasteiger partial charge in [0.25, 0.3) is 5.91 Å². The van der Waals surface area contributed by atoms with Crippen LogP contribution in [0.25, 0.3) is 22.2 Å². The summed E-state index contributed by atoms with van der Waals surface area (Å²) < 4.78 is 5.59. The second kappa shape index (κ2) is 7.44. The van der Waals surface area contributed by atoms with Crippen LogP contribution in [-0.2, 0) is 4.74 Å². The highest BCUT2D eigenvalue weighted by molar-refractivity contribution is 6.30. The van der Waals surface area contributed by atoms with Gasteiger partial charge in [-0.25, -0.2) is 4.98 Å². The highest BCUT2D eigenvalue weighted by atomic mass is 35.5. The van der Waals surface area contributed by atoms with Crippen molar-refractivity contribution >= 4 is 28.4 Å². The number of ether oxygens (including phenoxy) is 1. The van der Waals surface area contributed by atoms with Crippen molar-refractivity contribution in [2.45, 2.75) is 18.9 Å². The quantitative estimate of drug-likeness (QED) is 0.741. The van der Waals surface area contributed by atoms with Crippen molar-refractivity contribution in [3.8, 4) is 11.3 Å². The lowest BCUT2D eigenvalue weighted by molar-refractivity contribution is 0.0859. The third-order valence-electron chi connectivity index (χ3n) is 4.62. The third kappa shape index (κ3) is 3.57. The Morgan fingerprint density at radius 3 is 2.77 bits per heavy atom. The molecule has 3 aromatic rings. The molecule has 0 spiro atoms. The van der Waals surface area contributed by atoms with Gasteiger partial charge < -0.3 is 10.1 Å². The number of carbonyl (C=O) groups is 1. The molecule has 0 saturated carbocycles. The molecule has 26 heavy (non-hydrogen) atoms. The molecule has 4 rings (SSSR count). The van der Waals surface area contributed by atoms with E-state index in [1.54, 1.807) is 0 Å². The van der Waals surface area contributed by atoms with Crippen molar-refractivity contribution in [3.63, 3.8) is 0 Å². The summed E-state index contributed by atoms with van der Waals surface area (Å²) in [7, 11) is 0. The summed E-state index contributed by atoms with van der Waals surface area (Å²) in [5.74, 6) is -0.102. The number of pyridine rings is 1. The van der Waals surface area contributed by atoms with Crippen LogP contribution >= 0.6 is 11.6 Å². The van der Waals surface area contributed by atoms with E-state index in [-0.39, 0.29) is 12.0 Å². The van der Waals surface area contributed by atoms with Crippen LogP contribution in [0.2, 0.25) is 5.02 Å². The predicted molar refractivity (Wildman–Crippen MR) is 103 cm³/mol. The van der Waals surface area contributed by atoms with Gasteiger partial charge in [-0.05, 0) is 37.1 Å². The first-order valence-corrected chi connectivity index (χ1v) is 9.14. The smallest absolute Gasteiger partial charge is 0.252 e. The maximum Gasteiger partial charge on any atom is 0.252 e. The summed E-state index contributed by atoms with van der Waals surface area (Å²) in [6, 6.07) is 17.0. The molecule has 0 radical (unpaired) electrons. The van der Waals surface area contributed by atoms with Gasteiger partial charge in [0, 0.05) is 29.1 Å². The highest BCUT2D eigenvalue weighted by Crippen LogP contribution is 2.26. The number of hydrogen-bond acceptors (Lipinski definition) is 3. The van der Waals surface area contributed by atoms with Crippen molar-refractivity contribution in [1.82, 2.24) is 10.3 Å². The van der Waals surface area contributed by atoms with Crippen LogP contribution in [0, 0.1) is 0 Å². The Balaban J connectivity index is 1.69. The SMILES string of the molecule is O=C(NCC1CCCO1)c1cc(-c2ccc(Cl)cc2)nc2ccccc12. The Labute approximate surface area is 157 Å². The van der Waals surface area contributed by atoms with Crippen molar-refractivity contribution in [2.24, 2.45) is 0 Å². The minimum Gasteiger partial charge on any atom is -0.376 e. The number of aromatic nitrogens is 1. The van der Waals surface area contributed by atoms with Gasteiger partial charge in [-0.15, -0.1) is 0 Å². The van der Waals surface area contributed by atoms with Gasteiger partial charge >= 0.3 is 0 Å². The highest BCUT2D eigenvalue weighted by Gasteiger charge is 2.18. The van der Waals surface area contributed by atoms with E-state index in [9.17, 15) is 4.79 Å². The maximum absolute atomic E-state index is 12.8. The molecular formula is C21H19ClN2O2. The summed E-state index contributed by atoms with van der Waals surface area (Å²) in [4.78, 5) is 17.5. The fourth-order valence-corrected chi connectivity index (χ4v) is 3.36. The first-order chi connectivity index (χ1) is 12.7. The van der Waals surface area contributed by atoms with Crippen molar-refractivity contribution in [2.75, 3.05) is 13.2 Å². The molecule has 1 N–H and O–H groups in total. The van der Waals surface area contributed by atoms with Crippen LogP contribution in [0.5, 0.6) is 0 Å². The lowest BCUT2D eigenvalue weighted by Gasteiger charge is -2.13. The number of rotatable bonds is 4. The minimum absolute atomic E-state index is 0.102. The molecule has 0 bridgehead atoms. The molecule has 4 nitrogen and oxygen atoms in total. The van der Waals surface area contributed by atoms with Crippen LogP contribution in [0.3, 0.4) is 0 Å². The van der Waals surface area contributed by atoms with E-state index >= 15 is 0 Å². The summed E-state index contributed by atoms with van der Waals surface area (Å²) in [5.41, 5.74) is 3.09. The largest absolute Gasteiger partial charge is 0.376 e. The molecule has 1 aliphatic heterocycles. The molecule has 1 amide bonds. The molecule has 1 aliphatic rings. The zero-order valence-corrected chi connectivity index (χ0v) is 15.0. The Bertz CT molecular complexity index is 934. The van der Waals surface area contributed by atoms with Crippen LogP contribution in [0.1, 0.15) is 23.2 Å². The Hall–Kier alpha value is -2.43. The summed E-state index contributed by atoms with van der Waals surface area (Å²) in [6.45, 7) is 1.31. The van der Waals surface area contributed by atoms with Crippen LogP contribution in [0.4, 0.5) is 0 Å². The van der Waals surface area contributed by atoms with Gasteiger partial charge in [0.05, 0.1) is 22.9 Å². The van der Waals surface area contributed by atoms with Crippen molar-refractivity contribution < 1.29 is 9.53 Å². The van der Waals surface area contributed by atoms with Gasteiger partial charge in [-0.2, -0.15) is 0 Å². The zero-order chi connectivity index (χ0) is 17.9. The number of carbonyl (C=O) groups excluding carboxylic acids is 1. The van der Waals surface area contributed by atoms with Crippen molar-refractivity contribution in [3.05, 3.63) is 65.2 Å². The molecule has 0 aliphatic carbocycles. The Kier molecular flexibility index (Phi) is 4.87. The summed E-state index contributed by atoms with van der Waals surface area (Å²) >= 11 is 5.98. The number of amides is 1. The van der Waals surface area contributed by atoms with E-state index in [0.29, 0.717) is 17.1 Å². The van der Waals surface area contributed by atoms with Crippen LogP contribution in [0.15, 0.2) is 54.6 Å². The number of fused-ring (bicyclic) bond motifs is 1. The zero-order valence-electron chi connectivity index (χ0n) is 14.2. The summed E-state index contributed by atoms with van der Waals surface area (Å²) in [6.07, 6.45) is 2.16. The lowest BCUT2D eigenvalue weighted by Crippen LogP contribution is -2.31. The standard InChI is InChI=1S/C21H19ClN2O2/c22-15-9-7-14(8-10-15)20-12-18(17-5-1-2-6-19(17)24-20)21(25)23-13-16-4-3-11-26-16/h1-2,5-10,12,16H,3-4,11,13H2,(H,23,25). The van der Waals surface area contributed by atoms with E-state index in [4.69, 9.17) is 21.3 Å². The van der Waals surface area contributed by atoms with Crippen LogP contribution in [-0.4, -0.2) is 30.1 Å². The van der Waals surface area contributed by atoms with E-state index in [0.717, 1.165) is 41.6 Å². The van der Waals surface area contributed by atoms with Crippen LogP contribution < -0.4 is 5.32 Å². The van der Waals surface area contributed by atoms with E-state index in [1.165, 1.54) is 0 Å². The number of nitrogens with zero attached hydrogens (tertiary/aromatic N) is 1. The molecule has 132 valence electrons. The van der Waals surface area contributed by atoms with Gasteiger partial charge in [0.15, 0.2) is 0 Å². The normalized spacial score (nSPS) is 16.7. The fraction of sp³-hybridized carbons (Fsp3) is 0.238. The van der Waals surface area contributed by atoms with Gasteiger partial charge in [0.2, 0.25) is 0 Å². The Morgan fingerprint density at radius 2 is 2.00 bits per heavy atom. The number of benzene rings is 2. The van der Waals surface area contributed by atoms with E-state index < -0.39 is 0 Å². The number of halogens is 1. The molecule has 1 saturated heterocycles. The van der Waals surface area contributed by atoms with Gasteiger partial charge in [-0.3, -0.25) is 4.79 Å². The number of nitrogens with one attached hydrogen (secondary N) is 1. The second-order valence-electron chi connectivity index (χ2n) is 6.42. The first kappa shape index (κ1) is 17.0.